The minimum absolute atomic E-state index is 0.534. The number of nitrogens with zero attached hydrogens (tertiary/aromatic N) is 8. The van der Waals surface area contributed by atoms with Gasteiger partial charge in [0.15, 0.2) is 0 Å². The fraction of sp³-hybridized carbons (Fsp3) is 0.0330. The summed E-state index contributed by atoms with van der Waals surface area (Å²) in [5, 5.41) is 3.99. The molecule has 0 unspecified atom stereocenters. The number of hydrogen-bond donors (Lipinski definition) is 0. The zero-order valence-corrected chi connectivity index (χ0v) is 54.7. The first-order chi connectivity index (χ1) is 48.9. The summed E-state index contributed by atoms with van der Waals surface area (Å²) in [6, 6.07) is 121. The summed E-state index contributed by atoms with van der Waals surface area (Å²) in [5.74, 6) is 3.11. The molecule has 1 aliphatic carbocycles. The Bertz CT molecular complexity index is 5590. The van der Waals surface area contributed by atoms with Crippen molar-refractivity contribution >= 4 is 90.3 Å². The van der Waals surface area contributed by atoms with Gasteiger partial charge in [0, 0.05) is 85.4 Å². The normalized spacial score (nSPS) is 12.0. The van der Waals surface area contributed by atoms with Crippen LogP contribution in [0.4, 0.5) is 68.8 Å². The van der Waals surface area contributed by atoms with Crippen molar-refractivity contribution in [1.29, 1.82) is 0 Å². The van der Waals surface area contributed by atoms with Crippen molar-refractivity contribution in [3.63, 3.8) is 0 Å². The number of hydrogen-bond acceptors (Lipinski definition) is 8. The predicted octanol–water partition coefficient (Wildman–Crippen LogP) is 24.4. The third-order valence-electron chi connectivity index (χ3n) is 19.2. The van der Waals surface area contributed by atoms with E-state index in [0.29, 0.717) is 0 Å². The lowest BCUT2D eigenvalue weighted by atomic mass is 9.81. The van der Waals surface area contributed by atoms with Crippen molar-refractivity contribution in [2.75, 3.05) is 19.6 Å². The van der Waals surface area contributed by atoms with E-state index in [2.05, 4.69) is 349 Å². The Morgan fingerprint density at radius 2 is 0.525 bits per heavy atom. The largest absolute Gasteiger partial charge is 0.294 e. The van der Waals surface area contributed by atoms with Crippen LogP contribution in [0.15, 0.2) is 365 Å². The molecule has 8 nitrogen and oxygen atoms in total. The summed E-state index contributed by atoms with van der Waals surface area (Å²) in [4.78, 5) is 30.4. The van der Waals surface area contributed by atoms with Gasteiger partial charge in [-0.05, 0) is 154 Å². The van der Waals surface area contributed by atoms with Crippen molar-refractivity contribution in [3.05, 3.63) is 376 Å². The summed E-state index contributed by atoms with van der Waals surface area (Å²) < 4.78 is 0. The first-order valence-corrected chi connectivity index (χ1v) is 33.6. The van der Waals surface area contributed by atoms with Crippen molar-refractivity contribution < 1.29 is 0 Å². The van der Waals surface area contributed by atoms with Gasteiger partial charge >= 0.3 is 0 Å². The summed E-state index contributed by atoms with van der Waals surface area (Å²) in [6.07, 6.45) is 7.58. The number of para-hydroxylation sites is 4. The van der Waals surface area contributed by atoms with Gasteiger partial charge < -0.3 is 0 Å². The molecule has 0 spiro atoms. The van der Waals surface area contributed by atoms with Crippen LogP contribution >= 0.6 is 0 Å². The van der Waals surface area contributed by atoms with Crippen LogP contribution in [0.2, 0.25) is 0 Å². The van der Waals surface area contributed by atoms with Gasteiger partial charge in [0.05, 0.1) is 34.1 Å². The van der Waals surface area contributed by atoms with Crippen LogP contribution in [0.5, 0.6) is 0 Å². The molecule has 16 aromatic rings. The van der Waals surface area contributed by atoms with Crippen LogP contribution in [-0.2, 0) is 5.41 Å². The highest BCUT2D eigenvalue weighted by molar-refractivity contribution is 6.25. The number of fused-ring (bicyclic) bond motifs is 5. The van der Waals surface area contributed by atoms with Crippen LogP contribution in [0.3, 0.4) is 0 Å². The fourth-order valence-corrected chi connectivity index (χ4v) is 14.7. The zero-order chi connectivity index (χ0) is 66.2. The molecule has 0 radical (unpaired) electrons. The molecular weight excluding hydrogens is 1210 g/mol. The predicted molar refractivity (Wildman–Crippen MR) is 411 cm³/mol. The van der Waals surface area contributed by atoms with E-state index in [0.717, 1.165) is 146 Å². The number of anilines is 12. The van der Waals surface area contributed by atoms with Gasteiger partial charge in [-0.1, -0.05) is 244 Å². The molecule has 99 heavy (non-hydrogen) atoms. The van der Waals surface area contributed by atoms with E-state index in [1.54, 1.807) is 0 Å². The Morgan fingerprint density at radius 1 is 0.222 bits per heavy atom. The summed E-state index contributed by atoms with van der Waals surface area (Å²) in [7, 11) is 0. The lowest BCUT2D eigenvalue weighted by Crippen LogP contribution is -2.19. The Labute approximate surface area is 577 Å². The molecule has 0 aliphatic heterocycles. The minimum atomic E-state index is -0.534. The number of benzene rings is 12. The van der Waals surface area contributed by atoms with E-state index in [4.69, 9.17) is 19.9 Å². The van der Waals surface area contributed by atoms with Crippen LogP contribution in [0, 0.1) is 0 Å². The summed E-state index contributed by atoms with van der Waals surface area (Å²) in [5.41, 5.74) is 20.6. The second-order valence-corrected chi connectivity index (χ2v) is 25.4. The Hall–Kier alpha value is -13.0. The molecule has 0 fully saturated rings. The van der Waals surface area contributed by atoms with E-state index in [1.807, 2.05) is 49.1 Å². The molecule has 17 rings (SSSR count). The van der Waals surface area contributed by atoms with Crippen LogP contribution in [0.25, 0.3) is 77.2 Å². The molecule has 4 heterocycles. The lowest BCUT2D eigenvalue weighted by Gasteiger charge is -2.34. The van der Waals surface area contributed by atoms with E-state index in [-0.39, 0.29) is 0 Å². The number of rotatable bonds is 16. The zero-order valence-electron chi connectivity index (χ0n) is 54.7. The number of aromatic nitrogens is 4. The molecule has 0 amide bonds. The minimum Gasteiger partial charge on any atom is -0.294 e. The molecule has 0 bridgehead atoms. The van der Waals surface area contributed by atoms with Gasteiger partial charge in [-0.2, -0.15) is 0 Å². The molecule has 12 aromatic carbocycles. The average molecular weight is 1270 g/mol. The highest BCUT2D eigenvalue weighted by Gasteiger charge is 2.39. The molecule has 1 aliphatic rings. The maximum atomic E-state index is 5.38. The molecular formula is C91H66N8. The van der Waals surface area contributed by atoms with Gasteiger partial charge in [-0.15, -0.1) is 0 Å². The Balaban J connectivity index is 1.02. The van der Waals surface area contributed by atoms with Crippen molar-refractivity contribution in [2.45, 2.75) is 19.3 Å². The van der Waals surface area contributed by atoms with E-state index in [1.165, 1.54) is 11.1 Å². The quantitative estimate of drug-likeness (QED) is 0.0700. The first-order valence-electron chi connectivity index (χ1n) is 33.6. The SMILES string of the molecule is CC1(C)c2cc(N(c3ccccn3)c3ccccc3-c3ccccc3)ccc2-c2cc3c(N(c4ccccn4)c4ccccc4-c4ccccc4)c4cc(N(c5ccccn5)c5ccccc5-c5ccccc5)ccc4c(N(c4ccccn4)c4ccccc4-c4ccccc4)c3cc21. The Kier molecular flexibility index (Phi) is 15.4. The van der Waals surface area contributed by atoms with Gasteiger partial charge in [0.1, 0.15) is 23.3 Å². The van der Waals surface area contributed by atoms with Gasteiger partial charge in [0.2, 0.25) is 0 Å². The second kappa shape index (κ2) is 25.6. The lowest BCUT2D eigenvalue weighted by molar-refractivity contribution is 0.661. The summed E-state index contributed by atoms with van der Waals surface area (Å²) in [6.45, 7) is 4.78. The van der Waals surface area contributed by atoms with Crippen LogP contribution in [0.1, 0.15) is 25.0 Å². The van der Waals surface area contributed by atoms with E-state index in [9.17, 15) is 0 Å². The van der Waals surface area contributed by atoms with Crippen molar-refractivity contribution in [2.24, 2.45) is 0 Å². The topological polar surface area (TPSA) is 64.5 Å². The molecule has 0 N–H and O–H groups in total. The van der Waals surface area contributed by atoms with E-state index < -0.39 is 5.41 Å². The van der Waals surface area contributed by atoms with E-state index >= 15 is 0 Å². The molecule has 0 atom stereocenters. The molecule has 0 saturated carbocycles. The van der Waals surface area contributed by atoms with Crippen LogP contribution in [-0.4, -0.2) is 19.9 Å². The highest BCUT2D eigenvalue weighted by Crippen LogP contribution is 2.59. The summed E-state index contributed by atoms with van der Waals surface area (Å²) >= 11 is 0. The maximum absolute atomic E-state index is 5.38. The third-order valence-corrected chi connectivity index (χ3v) is 19.2. The maximum Gasteiger partial charge on any atom is 0.137 e. The first kappa shape index (κ1) is 59.7. The molecule has 470 valence electrons. The second-order valence-electron chi connectivity index (χ2n) is 25.4. The monoisotopic (exact) mass is 1270 g/mol. The van der Waals surface area contributed by atoms with Gasteiger partial charge in [-0.3, -0.25) is 19.6 Å². The van der Waals surface area contributed by atoms with Crippen molar-refractivity contribution in [1.82, 2.24) is 19.9 Å². The molecule has 8 heteroatoms. The fourth-order valence-electron chi connectivity index (χ4n) is 14.7. The standard InChI is InChI=1S/C91H66N8/c1-91(2)79-60-68(97(86-48-24-28-56-93-86)82-44-20-16-40-70(82)64-33-9-4-10-34-64)51-53-73(79)75-61-77-78(62-80(75)91)89(98(87-49-25-29-57-94-87)83-45-21-17-41-71(83)65-35-11-5-12-36-65)74-54-52-67(96(85-47-23-27-55-92-85)81-43-19-15-39-69(81)63-31-7-3-8-32-63)59-76(74)90(77)99(88-50-26-30-58-95-88)84-46-22-18-42-72(84)66-37-13-6-14-38-66/h3-62H,1-2H3. The highest BCUT2D eigenvalue weighted by atomic mass is 15.2. The van der Waals surface area contributed by atoms with Gasteiger partial charge in [-0.25, -0.2) is 19.9 Å². The van der Waals surface area contributed by atoms with Gasteiger partial charge in [0.25, 0.3) is 0 Å². The molecule has 0 saturated heterocycles. The smallest absolute Gasteiger partial charge is 0.137 e. The average Bonchev–Trinajstić information content (AvgIpc) is 1.57. The third kappa shape index (κ3) is 10.8. The van der Waals surface area contributed by atoms with Crippen LogP contribution < -0.4 is 19.6 Å². The number of pyridine rings is 4. The van der Waals surface area contributed by atoms with Crippen molar-refractivity contribution in [3.8, 4) is 55.6 Å². The Morgan fingerprint density at radius 3 is 0.919 bits per heavy atom. The molecule has 4 aromatic heterocycles.